The molecule has 2 atom stereocenters. The molecule has 4 rings (SSSR count). The summed E-state index contributed by atoms with van der Waals surface area (Å²) in [6, 6.07) is 7.88. The second kappa shape index (κ2) is 8.22. The molecule has 4 heteroatoms. The fourth-order valence-corrected chi connectivity index (χ4v) is 5.51. The number of anilines is 2. The quantitative estimate of drug-likeness (QED) is 0.825. The molecule has 148 valence electrons. The van der Waals surface area contributed by atoms with Crippen molar-refractivity contribution in [1.82, 2.24) is 4.90 Å². The molecule has 0 radical (unpaired) electrons. The summed E-state index contributed by atoms with van der Waals surface area (Å²) in [5.41, 5.74) is 3.55. The van der Waals surface area contributed by atoms with Crippen molar-refractivity contribution in [2.75, 3.05) is 29.9 Å². The van der Waals surface area contributed by atoms with E-state index in [1.165, 1.54) is 62.7 Å². The minimum Gasteiger partial charge on any atom is -0.370 e. The Morgan fingerprint density at radius 1 is 1.11 bits per heavy atom. The van der Waals surface area contributed by atoms with Gasteiger partial charge < -0.3 is 10.2 Å². The molecule has 1 aliphatic carbocycles. The van der Waals surface area contributed by atoms with Crippen molar-refractivity contribution in [2.45, 2.75) is 77.3 Å². The van der Waals surface area contributed by atoms with Crippen LogP contribution in [-0.2, 0) is 4.79 Å². The predicted molar refractivity (Wildman–Crippen MR) is 112 cm³/mol. The van der Waals surface area contributed by atoms with Gasteiger partial charge in [0.2, 0.25) is 5.91 Å². The molecule has 1 amide bonds. The van der Waals surface area contributed by atoms with Gasteiger partial charge in [0.15, 0.2) is 0 Å². The summed E-state index contributed by atoms with van der Waals surface area (Å²) < 4.78 is 0. The highest BCUT2D eigenvalue weighted by Crippen LogP contribution is 2.31. The number of carbonyl (C=O) groups excluding carboxylic acids is 1. The first-order chi connectivity index (χ1) is 13.1. The van der Waals surface area contributed by atoms with Gasteiger partial charge in [-0.1, -0.05) is 12.8 Å². The molecular formula is C23H35N3O. The SMILES string of the molecule is Cc1cc(NC(=O)CC2CCCC2)ccc1N1CCC(N2CCCC2C)C1. The standard InChI is InChI=1S/C23H35N3O/c1-17-14-20(24-23(27)15-19-7-3-4-8-19)9-10-22(17)25-13-11-21(16-25)26-12-5-6-18(26)2/h9-10,14,18-19,21H,3-8,11-13,15-16H2,1-2H3,(H,24,27). The van der Waals surface area contributed by atoms with Crippen LogP contribution in [0.2, 0.25) is 0 Å². The zero-order valence-electron chi connectivity index (χ0n) is 17.0. The molecule has 0 spiro atoms. The minimum absolute atomic E-state index is 0.179. The number of carbonyl (C=O) groups is 1. The lowest BCUT2D eigenvalue weighted by Crippen LogP contribution is -2.39. The predicted octanol–water partition coefficient (Wildman–Crippen LogP) is 4.58. The number of hydrogen-bond donors (Lipinski definition) is 1. The fourth-order valence-electron chi connectivity index (χ4n) is 5.51. The topological polar surface area (TPSA) is 35.6 Å². The lowest BCUT2D eigenvalue weighted by Gasteiger charge is -2.29. The molecule has 2 unspecified atom stereocenters. The van der Waals surface area contributed by atoms with E-state index in [0.717, 1.165) is 24.8 Å². The first kappa shape index (κ1) is 18.8. The summed E-state index contributed by atoms with van der Waals surface area (Å²) in [6.07, 6.45) is 9.68. The van der Waals surface area contributed by atoms with E-state index in [2.05, 4.69) is 47.2 Å². The van der Waals surface area contributed by atoms with Crippen molar-refractivity contribution < 1.29 is 4.79 Å². The molecule has 2 aliphatic heterocycles. The number of nitrogens with zero attached hydrogens (tertiary/aromatic N) is 2. The van der Waals surface area contributed by atoms with Gasteiger partial charge in [0.25, 0.3) is 0 Å². The van der Waals surface area contributed by atoms with Crippen molar-refractivity contribution in [2.24, 2.45) is 5.92 Å². The maximum atomic E-state index is 12.3. The van der Waals surface area contributed by atoms with E-state index in [1.54, 1.807) is 0 Å². The maximum Gasteiger partial charge on any atom is 0.224 e. The summed E-state index contributed by atoms with van der Waals surface area (Å²) in [5, 5.41) is 3.12. The van der Waals surface area contributed by atoms with Crippen LogP contribution in [0.3, 0.4) is 0 Å². The Kier molecular flexibility index (Phi) is 5.72. The van der Waals surface area contributed by atoms with Gasteiger partial charge >= 0.3 is 0 Å². The van der Waals surface area contributed by atoms with Crippen LogP contribution in [0.4, 0.5) is 11.4 Å². The molecular weight excluding hydrogens is 334 g/mol. The third-order valence-electron chi connectivity index (χ3n) is 7.01. The van der Waals surface area contributed by atoms with Crippen molar-refractivity contribution >= 4 is 17.3 Å². The molecule has 1 N–H and O–H groups in total. The summed E-state index contributed by atoms with van der Waals surface area (Å²) >= 11 is 0. The largest absolute Gasteiger partial charge is 0.370 e. The first-order valence-electron chi connectivity index (χ1n) is 11.0. The molecule has 1 aromatic rings. The molecule has 2 heterocycles. The van der Waals surface area contributed by atoms with Gasteiger partial charge in [0.05, 0.1) is 0 Å². The zero-order valence-corrected chi connectivity index (χ0v) is 17.0. The maximum absolute atomic E-state index is 12.3. The first-order valence-corrected chi connectivity index (χ1v) is 11.0. The monoisotopic (exact) mass is 369 g/mol. The molecule has 2 saturated heterocycles. The zero-order chi connectivity index (χ0) is 18.8. The van der Waals surface area contributed by atoms with Gasteiger partial charge in [0.1, 0.15) is 0 Å². The minimum atomic E-state index is 0.179. The number of likely N-dealkylation sites (tertiary alicyclic amines) is 1. The van der Waals surface area contributed by atoms with E-state index < -0.39 is 0 Å². The van der Waals surface area contributed by atoms with Crippen LogP contribution in [0.1, 0.15) is 63.9 Å². The van der Waals surface area contributed by atoms with Gasteiger partial charge in [-0.3, -0.25) is 9.69 Å². The van der Waals surface area contributed by atoms with E-state index in [9.17, 15) is 4.79 Å². The lowest BCUT2D eigenvalue weighted by atomic mass is 10.0. The Morgan fingerprint density at radius 3 is 2.63 bits per heavy atom. The Hall–Kier alpha value is -1.55. The van der Waals surface area contributed by atoms with E-state index in [1.807, 2.05) is 0 Å². The van der Waals surface area contributed by atoms with Crippen molar-refractivity contribution in [3.8, 4) is 0 Å². The highest BCUT2D eigenvalue weighted by atomic mass is 16.1. The van der Waals surface area contributed by atoms with Crippen LogP contribution in [0.25, 0.3) is 0 Å². The number of nitrogens with one attached hydrogen (secondary N) is 1. The Balaban J connectivity index is 1.35. The number of rotatable bonds is 5. The average molecular weight is 370 g/mol. The molecule has 0 aromatic heterocycles. The average Bonchev–Trinajstić information content (AvgIpc) is 3.36. The molecule has 3 fully saturated rings. The lowest BCUT2D eigenvalue weighted by molar-refractivity contribution is -0.117. The summed E-state index contributed by atoms with van der Waals surface area (Å²) in [6.45, 7) is 8.10. The molecule has 4 nitrogen and oxygen atoms in total. The summed E-state index contributed by atoms with van der Waals surface area (Å²) in [7, 11) is 0. The Labute approximate surface area is 164 Å². The molecule has 0 bridgehead atoms. The van der Waals surface area contributed by atoms with Crippen LogP contribution < -0.4 is 10.2 Å². The van der Waals surface area contributed by atoms with E-state index >= 15 is 0 Å². The number of aryl methyl sites for hydroxylation is 1. The summed E-state index contributed by atoms with van der Waals surface area (Å²) in [5.74, 6) is 0.776. The van der Waals surface area contributed by atoms with Crippen LogP contribution in [0, 0.1) is 12.8 Å². The van der Waals surface area contributed by atoms with Gasteiger partial charge in [-0.05, 0) is 82.2 Å². The number of hydrogen-bond acceptors (Lipinski definition) is 3. The van der Waals surface area contributed by atoms with Crippen LogP contribution >= 0.6 is 0 Å². The van der Waals surface area contributed by atoms with Gasteiger partial charge in [0, 0.05) is 43.0 Å². The normalized spacial score (nSPS) is 26.8. The van der Waals surface area contributed by atoms with Crippen molar-refractivity contribution in [3.05, 3.63) is 23.8 Å². The molecule has 1 saturated carbocycles. The summed E-state index contributed by atoms with van der Waals surface area (Å²) in [4.78, 5) is 17.6. The van der Waals surface area contributed by atoms with Crippen molar-refractivity contribution in [1.29, 1.82) is 0 Å². The molecule has 3 aliphatic rings. The smallest absolute Gasteiger partial charge is 0.224 e. The highest BCUT2D eigenvalue weighted by molar-refractivity contribution is 5.91. The second-order valence-corrected chi connectivity index (χ2v) is 9.02. The third-order valence-corrected chi connectivity index (χ3v) is 7.01. The number of amides is 1. The fraction of sp³-hybridized carbons (Fsp3) is 0.696. The van der Waals surface area contributed by atoms with E-state index in [4.69, 9.17) is 0 Å². The van der Waals surface area contributed by atoms with Gasteiger partial charge in [-0.15, -0.1) is 0 Å². The third kappa shape index (κ3) is 4.31. The van der Waals surface area contributed by atoms with Crippen LogP contribution in [0.15, 0.2) is 18.2 Å². The van der Waals surface area contributed by atoms with Gasteiger partial charge in [-0.25, -0.2) is 0 Å². The molecule has 1 aromatic carbocycles. The van der Waals surface area contributed by atoms with E-state index in [-0.39, 0.29) is 5.91 Å². The van der Waals surface area contributed by atoms with Crippen molar-refractivity contribution in [3.63, 3.8) is 0 Å². The second-order valence-electron chi connectivity index (χ2n) is 9.02. The van der Waals surface area contributed by atoms with E-state index in [0.29, 0.717) is 18.4 Å². The van der Waals surface area contributed by atoms with Gasteiger partial charge in [-0.2, -0.15) is 0 Å². The van der Waals surface area contributed by atoms with Crippen LogP contribution in [0.5, 0.6) is 0 Å². The Morgan fingerprint density at radius 2 is 1.93 bits per heavy atom. The molecule has 27 heavy (non-hydrogen) atoms. The highest BCUT2D eigenvalue weighted by Gasteiger charge is 2.33. The Bertz CT molecular complexity index is 668. The number of benzene rings is 1. The van der Waals surface area contributed by atoms with Crippen LogP contribution in [-0.4, -0.2) is 42.5 Å².